The minimum absolute atomic E-state index is 0.0922. The van der Waals surface area contributed by atoms with Crippen LogP contribution in [0.3, 0.4) is 0 Å². The smallest absolute Gasteiger partial charge is 0.323 e. The lowest BCUT2D eigenvalue weighted by molar-refractivity contribution is 0.0769. The molecule has 0 saturated carbocycles. The number of hydrogen-bond acceptors (Lipinski definition) is 7. The second-order valence-electron chi connectivity index (χ2n) is 4.47. The van der Waals surface area contributed by atoms with Crippen LogP contribution in [0.15, 0.2) is 0 Å². The van der Waals surface area contributed by atoms with Gasteiger partial charge in [0.2, 0.25) is 11.9 Å². The molecule has 0 aromatic carbocycles. The van der Waals surface area contributed by atoms with E-state index in [9.17, 15) is 8.78 Å². The standard InChI is InChI=1S/C12H19F2N5O2/c1-2-3-15-10-16-11(19-4-6-20-7-5-19)18-12(17-10)21-8-9(13)14/h9H,2-8H2,1H3,(H,15,16,17,18). The molecule has 1 aliphatic heterocycles. The highest BCUT2D eigenvalue weighted by molar-refractivity contribution is 5.38. The molecule has 1 aromatic heterocycles. The van der Waals surface area contributed by atoms with Gasteiger partial charge >= 0.3 is 6.01 Å². The summed E-state index contributed by atoms with van der Waals surface area (Å²) in [7, 11) is 0. The van der Waals surface area contributed by atoms with Crippen LogP contribution in [0.4, 0.5) is 20.7 Å². The molecular formula is C12H19F2N5O2. The van der Waals surface area contributed by atoms with Crippen molar-refractivity contribution in [2.24, 2.45) is 0 Å². The molecule has 0 aliphatic carbocycles. The number of aromatic nitrogens is 3. The Bertz CT molecular complexity index is 444. The van der Waals surface area contributed by atoms with Crippen LogP contribution in [-0.4, -0.2) is 60.8 Å². The van der Waals surface area contributed by atoms with Gasteiger partial charge < -0.3 is 19.7 Å². The fraction of sp³-hybridized carbons (Fsp3) is 0.750. The van der Waals surface area contributed by atoms with Crippen LogP contribution in [0.2, 0.25) is 0 Å². The van der Waals surface area contributed by atoms with Gasteiger partial charge in [0.05, 0.1) is 13.2 Å². The number of ether oxygens (including phenoxy) is 2. The Labute approximate surface area is 121 Å². The van der Waals surface area contributed by atoms with Gasteiger partial charge in [0.25, 0.3) is 6.43 Å². The van der Waals surface area contributed by atoms with Gasteiger partial charge in [-0.15, -0.1) is 0 Å². The lowest BCUT2D eigenvalue weighted by Gasteiger charge is -2.27. The number of rotatable bonds is 7. The van der Waals surface area contributed by atoms with Crippen LogP contribution in [0.25, 0.3) is 0 Å². The van der Waals surface area contributed by atoms with Crippen molar-refractivity contribution in [3.8, 4) is 6.01 Å². The van der Waals surface area contributed by atoms with Gasteiger partial charge in [-0.25, -0.2) is 8.78 Å². The Balaban J connectivity index is 2.14. The molecule has 7 nitrogen and oxygen atoms in total. The first-order valence-corrected chi connectivity index (χ1v) is 6.92. The van der Waals surface area contributed by atoms with Crippen molar-refractivity contribution >= 4 is 11.9 Å². The SMILES string of the molecule is CCCNc1nc(OCC(F)F)nc(N2CCOCC2)n1. The number of alkyl halides is 2. The van der Waals surface area contributed by atoms with E-state index in [1.807, 2.05) is 11.8 Å². The number of halogens is 2. The normalized spacial score (nSPS) is 15.3. The summed E-state index contributed by atoms with van der Waals surface area (Å²) >= 11 is 0. The van der Waals surface area contributed by atoms with Gasteiger partial charge in [-0.05, 0) is 6.42 Å². The molecule has 1 saturated heterocycles. The third kappa shape index (κ3) is 4.92. The minimum atomic E-state index is -2.57. The molecule has 118 valence electrons. The van der Waals surface area contributed by atoms with Gasteiger partial charge in [0.15, 0.2) is 6.61 Å². The number of anilines is 2. The van der Waals surface area contributed by atoms with Gasteiger partial charge in [0, 0.05) is 19.6 Å². The summed E-state index contributed by atoms with van der Waals surface area (Å²) in [4.78, 5) is 14.3. The summed E-state index contributed by atoms with van der Waals surface area (Å²) < 4.78 is 34.7. The number of morpholine rings is 1. The molecule has 0 atom stereocenters. The summed E-state index contributed by atoms with van der Waals surface area (Å²) in [5.41, 5.74) is 0. The molecule has 2 heterocycles. The zero-order valence-corrected chi connectivity index (χ0v) is 11.9. The van der Waals surface area contributed by atoms with Gasteiger partial charge in [0.1, 0.15) is 0 Å². The van der Waals surface area contributed by atoms with E-state index in [1.54, 1.807) is 0 Å². The van der Waals surface area contributed by atoms with Crippen LogP contribution < -0.4 is 15.0 Å². The quantitative estimate of drug-likeness (QED) is 0.810. The molecule has 1 aromatic rings. The largest absolute Gasteiger partial charge is 0.457 e. The van der Waals surface area contributed by atoms with Crippen molar-refractivity contribution in [1.82, 2.24) is 15.0 Å². The maximum atomic E-state index is 12.2. The Kier molecular flexibility index (Phi) is 5.85. The Morgan fingerprint density at radius 1 is 1.29 bits per heavy atom. The second kappa shape index (κ2) is 7.87. The zero-order chi connectivity index (χ0) is 15.1. The van der Waals surface area contributed by atoms with Crippen molar-refractivity contribution in [1.29, 1.82) is 0 Å². The van der Waals surface area contributed by atoms with E-state index in [2.05, 4.69) is 20.3 Å². The molecule has 0 spiro atoms. The molecule has 1 aliphatic rings. The summed E-state index contributed by atoms with van der Waals surface area (Å²) in [6, 6.07) is -0.0922. The number of hydrogen-bond donors (Lipinski definition) is 1. The van der Waals surface area contributed by atoms with E-state index in [0.29, 0.717) is 44.7 Å². The molecule has 0 amide bonds. The maximum absolute atomic E-state index is 12.2. The molecule has 9 heteroatoms. The molecule has 1 N–H and O–H groups in total. The molecule has 2 rings (SSSR count). The Hall–Kier alpha value is -1.77. The van der Waals surface area contributed by atoms with E-state index in [0.717, 1.165) is 6.42 Å². The first kappa shape index (κ1) is 15.6. The van der Waals surface area contributed by atoms with E-state index >= 15 is 0 Å². The highest BCUT2D eigenvalue weighted by Gasteiger charge is 2.17. The van der Waals surface area contributed by atoms with Crippen LogP contribution in [0.5, 0.6) is 6.01 Å². The minimum Gasteiger partial charge on any atom is -0.457 e. The topological polar surface area (TPSA) is 72.4 Å². The molecule has 1 fully saturated rings. The predicted octanol–water partition coefficient (Wildman–Crippen LogP) is 1.17. The monoisotopic (exact) mass is 303 g/mol. The van der Waals surface area contributed by atoms with Crippen LogP contribution in [0, 0.1) is 0 Å². The average Bonchev–Trinajstić information content (AvgIpc) is 2.51. The molecule has 0 radical (unpaired) electrons. The fourth-order valence-electron chi connectivity index (χ4n) is 1.77. The molecule has 0 unspecified atom stereocenters. The van der Waals surface area contributed by atoms with Crippen molar-refractivity contribution in [2.45, 2.75) is 19.8 Å². The zero-order valence-electron chi connectivity index (χ0n) is 11.9. The molecular weight excluding hydrogens is 284 g/mol. The highest BCUT2D eigenvalue weighted by atomic mass is 19.3. The summed E-state index contributed by atoms with van der Waals surface area (Å²) in [5, 5.41) is 3.01. The second-order valence-corrected chi connectivity index (χ2v) is 4.47. The van der Waals surface area contributed by atoms with Crippen LogP contribution in [0.1, 0.15) is 13.3 Å². The number of nitrogens with one attached hydrogen (secondary N) is 1. The van der Waals surface area contributed by atoms with Gasteiger partial charge in [-0.3, -0.25) is 0 Å². The van der Waals surface area contributed by atoms with Crippen LogP contribution >= 0.6 is 0 Å². The van der Waals surface area contributed by atoms with Crippen LogP contribution in [-0.2, 0) is 4.74 Å². The van der Waals surface area contributed by atoms with Crippen molar-refractivity contribution in [2.75, 3.05) is 49.7 Å². The fourth-order valence-corrected chi connectivity index (χ4v) is 1.77. The van der Waals surface area contributed by atoms with E-state index in [-0.39, 0.29) is 6.01 Å². The highest BCUT2D eigenvalue weighted by Crippen LogP contribution is 2.16. The first-order chi connectivity index (χ1) is 10.2. The molecule has 21 heavy (non-hydrogen) atoms. The Morgan fingerprint density at radius 2 is 2.05 bits per heavy atom. The van der Waals surface area contributed by atoms with Crippen molar-refractivity contribution in [3.05, 3.63) is 0 Å². The maximum Gasteiger partial charge on any atom is 0.323 e. The average molecular weight is 303 g/mol. The van der Waals surface area contributed by atoms with Crippen molar-refractivity contribution < 1.29 is 18.3 Å². The summed E-state index contributed by atoms with van der Waals surface area (Å²) in [6.07, 6.45) is -1.67. The molecule has 0 bridgehead atoms. The van der Waals surface area contributed by atoms with E-state index < -0.39 is 13.0 Å². The van der Waals surface area contributed by atoms with Gasteiger partial charge in [-0.2, -0.15) is 15.0 Å². The third-order valence-corrected chi connectivity index (χ3v) is 2.77. The Morgan fingerprint density at radius 3 is 2.71 bits per heavy atom. The third-order valence-electron chi connectivity index (χ3n) is 2.77. The van der Waals surface area contributed by atoms with Gasteiger partial charge in [-0.1, -0.05) is 6.92 Å². The first-order valence-electron chi connectivity index (χ1n) is 6.92. The van der Waals surface area contributed by atoms with Crippen molar-refractivity contribution in [3.63, 3.8) is 0 Å². The predicted molar refractivity (Wildman–Crippen MR) is 73.1 cm³/mol. The summed E-state index contributed by atoms with van der Waals surface area (Å²) in [5.74, 6) is 0.744. The number of nitrogens with zero attached hydrogens (tertiary/aromatic N) is 4. The summed E-state index contributed by atoms with van der Waals surface area (Å²) in [6.45, 7) is 4.40. The lowest BCUT2D eigenvalue weighted by Crippen LogP contribution is -2.37. The lowest BCUT2D eigenvalue weighted by atomic mass is 10.4. The van der Waals surface area contributed by atoms with E-state index in [4.69, 9.17) is 9.47 Å². The van der Waals surface area contributed by atoms with E-state index in [1.165, 1.54) is 0 Å².